The Hall–Kier alpha value is -1.78. The Morgan fingerprint density at radius 3 is 2.67 bits per heavy atom. The van der Waals surface area contributed by atoms with Crippen LogP contribution in [0.15, 0.2) is 51.5 Å². The van der Waals surface area contributed by atoms with Crippen LogP contribution in [-0.2, 0) is 0 Å². The maximum atomic E-state index is 6.30. The number of aromatic nitrogens is 1. The van der Waals surface area contributed by atoms with Gasteiger partial charge in [-0.25, -0.2) is 0 Å². The summed E-state index contributed by atoms with van der Waals surface area (Å²) in [5, 5.41) is 4.70. The minimum absolute atomic E-state index is 0.287. The van der Waals surface area contributed by atoms with E-state index in [-0.39, 0.29) is 5.88 Å². The van der Waals surface area contributed by atoms with Gasteiger partial charge in [0.25, 0.3) is 0 Å². The fourth-order valence-electron chi connectivity index (χ4n) is 2.28. The fourth-order valence-corrected chi connectivity index (χ4v) is 2.85. The second kappa shape index (κ2) is 5.54. The van der Waals surface area contributed by atoms with Crippen molar-refractivity contribution in [3.8, 4) is 22.4 Å². The summed E-state index contributed by atoms with van der Waals surface area (Å²) in [6, 6.07) is 13.6. The van der Waals surface area contributed by atoms with E-state index in [0.29, 0.717) is 10.7 Å². The first-order chi connectivity index (χ1) is 10.1. The molecule has 5 heteroatoms. The number of aryl methyl sites for hydroxylation is 1. The van der Waals surface area contributed by atoms with Crippen LogP contribution in [0.5, 0.6) is 0 Å². The molecular formula is C16H12BrClN2O. The van der Waals surface area contributed by atoms with Crippen LogP contribution in [0.3, 0.4) is 0 Å². The Kier molecular flexibility index (Phi) is 3.74. The summed E-state index contributed by atoms with van der Waals surface area (Å²) in [4.78, 5) is 0. The lowest BCUT2D eigenvalue weighted by molar-refractivity contribution is 0.439. The molecule has 0 unspecified atom stereocenters. The Morgan fingerprint density at radius 1 is 1.14 bits per heavy atom. The highest BCUT2D eigenvalue weighted by molar-refractivity contribution is 9.10. The number of nitrogen functional groups attached to an aromatic ring is 1. The summed E-state index contributed by atoms with van der Waals surface area (Å²) in [7, 11) is 0. The summed E-state index contributed by atoms with van der Waals surface area (Å²) in [6.07, 6.45) is 0. The van der Waals surface area contributed by atoms with Gasteiger partial charge >= 0.3 is 0 Å². The third-order valence-corrected chi connectivity index (χ3v) is 4.14. The number of nitrogens with zero attached hydrogens (tertiary/aromatic N) is 1. The van der Waals surface area contributed by atoms with Crippen molar-refractivity contribution in [2.24, 2.45) is 0 Å². The van der Waals surface area contributed by atoms with E-state index >= 15 is 0 Å². The van der Waals surface area contributed by atoms with Crippen LogP contribution in [0.25, 0.3) is 22.4 Å². The van der Waals surface area contributed by atoms with Crippen molar-refractivity contribution in [3.63, 3.8) is 0 Å². The predicted molar refractivity (Wildman–Crippen MR) is 89.2 cm³/mol. The van der Waals surface area contributed by atoms with Crippen LogP contribution >= 0.6 is 27.5 Å². The van der Waals surface area contributed by atoms with E-state index in [9.17, 15) is 0 Å². The molecular weight excluding hydrogens is 352 g/mol. The molecule has 106 valence electrons. The standard InChI is InChI=1S/C16H12BrClN2O/c1-9-4-2-3-5-11(9)14-15(20-21-16(14)19)12-8-10(17)6-7-13(12)18/h2-8H,19H2,1H3. The van der Waals surface area contributed by atoms with Gasteiger partial charge in [-0.2, -0.15) is 0 Å². The molecule has 0 spiro atoms. The molecule has 3 nitrogen and oxygen atoms in total. The smallest absolute Gasteiger partial charge is 0.230 e. The van der Waals surface area contributed by atoms with Crippen LogP contribution in [0.1, 0.15) is 5.56 Å². The molecule has 0 atom stereocenters. The molecule has 21 heavy (non-hydrogen) atoms. The van der Waals surface area contributed by atoms with Crippen LogP contribution in [0.4, 0.5) is 5.88 Å². The number of rotatable bonds is 2. The second-order valence-electron chi connectivity index (χ2n) is 4.71. The minimum Gasteiger partial charge on any atom is -0.367 e. The van der Waals surface area contributed by atoms with Gasteiger partial charge in [0.05, 0.1) is 10.6 Å². The van der Waals surface area contributed by atoms with Crippen molar-refractivity contribution in [2.45, 2.75) is 6.92 Å². The summed E-state index contributed by atoms with van der Waals surface area (Å²) < 4.78 is 6.12. The van der Waals surface area contributed by atoms with Crippen molar-refractivity contribution in [1.29, 1.82) is 0 Å². The van der Waals surface area contributed by atoms with E-state index in [1.807, 2.05) is 49.4 Å². The lowest BCUT2D eigenvalue weighted by atomic mass is 9.97. The molecule has 0 amide bonds. The Morgan fingerprint density at radius 2 is 1.90 bits per heavy atom. The van der Waals surface area contributed by atoms with Gasteiger partial charge < -0.3 is 10.3 Å². The quantitative estimate of drug-likeness (QED) is 0.671. The summed E-state index contributed by atoms with van der Waals surface area (Å²) in [6.45, 7) is 2.02. The molecule has 0 bridgehead atoms. The van der Waals surface area contributed by atoms with Crippen molar-refractivity contribution < 1.29 is 4.52 Å². The molecule has 1 heterocycles. The van der Waals surface area contributed by atoms with E-state index in [1.54, 1.807) is 0 Å². The van der Waals surface area contributed by atoms with E-state index in [1.165, 1.54) is 0 Å². The number of benzene rings is 2. The van der Waals surface area contributed by atoms with Gasteiger partial charge in [0.2, 0.25) is 5.88 Å². The first-order valence-electron chi connectivity index (χ1n) is 6.34. The molecule has 3 rings (SSSR count). The van der Waals surface area contributed by atoms with Crippen LogP contribution < -0.4 is 5.73 Å². The molecule has 0 fully saturated rings. The number of halogens is 2. The molecule has 0 aliphatic carbocycles. The zero-order chi connectivity index (χ0) is 15.0. The van der Waals surface area contributed by atoms with Gasteiger partial charge in [0.15, 0.2) is 0 Å². The molecule has 1 aromatic heterocycles. The lowest BCUT2D eigenvalue weighted by Crippen LogP contribution is -1.90. The zero-order valence-electron chi connectivity index (χ0n) is 11.2. The van der Waals surface area contributed by atoms with Gasteiger partial charge in [0, 0.05) is 10.0 Å². The van der Waals surface area contributed by atoms with Crippen LogP contribution in [0, 0.1) is 6.92 Å². The number of hydrogen-bond donors (Lipinski definition) is 1. The Labute approximate surface area is 135 Å². The number of nitrogens with two attached hydrogens (primary N) is 1. The predicted octanol–water partition coefficient (Wildman–Crippen LogP) is 5.32. The molecule has 0 saturated heterocycles. The molecule has 2 aromatic carbocycles. The second-order valence-corrected chi connectivity index (χ2v) is 6.03. The summed E-state index contributed by atoms with van der Waals surface area (Å²) in [5.41, 5.74) is 10.3. The largest absolute Gasteiger partial charge is 0.367 e. The zero-order valence-corrected chi connectivity index (χ0v) is 13.6. The molecule has 3 aromatic rings. The van der Waals surface area contributed by atoms with E-state index in [0.717, 1.165) is 26.7 Å². The van der Waals surface area contributed by atoms with E-state index < -0.39 is 0 Å². The van der Waals surface area contributed by atoms with Crippen LogP contribution in [0.2, 0.25) is 5.02 Å². The third kappa shape index (κ3) is 2.57. The summed E-state index contributed by atoms with van der Waals surface area (Å²) >= 11 is 9.74. The topological polar surface area (TPSA) is 52.0 Å². The molecule has 0 aliphatic rings. The van der Waals surface area contributed by atoms with Crippen molar-refractivity contribution in [2.75, 3.05) is 5.73 Å². The Balaban J connectivity index is 2.27. The van der Waals surface area contributed by atoms with Crippen molar-refractivity contribution in [1.82, 2.24) is 5.16 Å². The SMILES string of the molecule is Cc1ccccc1-c1c(-c2cc(Br)ccc2Cl)noc1N. The Bertz CT molecular complexity index is 814. The van der Waals surface area contributed by atoms with E-state index in [4.69, 9.17) is 21.9 Å². The highest BCUT2D eigenvalue weighted by Gasteiger charge is 2.20. The minimum atomic E-state index is 0.287. The van der Waals surface area contributed by atoms with Gasteiger partial charge in [-0.3, -0.25) is 0 Å². The summed E-state index contributed by atoms with van der Waals surface area (Å²) in [5.74, 6) is 0.287. The van der Waals surface area contributed by atoms with Crippen molar-refractivity contribution >= 4 is 33.4 Å². The average molecular weight is 364 g/mol. The lowest BCUT2D eigenvalue weighted by Gasteiger charge is -2.07. The number of anilines is 1. The monoisotopic (exact) mass is 362 g/mol. The average Bonchev–Trinajstić information content (AvgIpc) is 2.84. The maximum Gasteiger partial charge on any atom is 0.230 e. The number of hydrogen-bond acceptors (Lipinski definition) is 3. The fraction of sp³-hybridized carbons (Fsp3) is 0.0625. The highest BCUT2D eigenvalue weighted by Crippen LogP contribution is 2.40. The molecule has 2 N–H and O–H groups in total. The maximum absolute atomic E-state index is 6.30. The van der Waals surface area contributed by atoms with Gasteiger partial charge in [0.1, 0.15) is 5.69 Å². The third-order valence-electron chi connectivity index (χ3n) is 3.32. The van der Waals surface area contributed by atoms with E-state index in [2.05, 4.69) is 21.1 Å². The van der Waals surface area contributed by atoms with Crippen LogP contribution in [-0.4, -0.2) is 5.16 Å². The van der Waals surface area contributed by atoms with Gasteiger partial charge in [-0.15, -0.1) is 0 Å². The normalized spacial score (nSPS) is 10.8. The van der Waals surface area contributed by atoms with Gasteiger partial charge in [-0.05, 0) is 36.2 Å². The first-order valence-corrected chi connectivity index (χ1v) is 7.51. The van der Waals surface area contributed by atoms with Crippen molar-refractivity contribution in [3.05, 3.63) is 57.5 Å². The highest BCUT2D eigenvalue weighted by atomic mass is 79.9. The first kappa shape index (κ1) is 14.2. The molecule has 0 aliphatic heterocycles. The molecule has 0 saturated carbocycles. The van der Waals surface area contributed by atoms with Gasteiger partial charge in [-0.1, -0.05) is 57.0 Å². The molecule has 0 radical (unpaired) electrons.